The van der Waals surface area contributed by atoms with Crippen molar-refractivity contribution in [2.75, 3.05) is 0 Å². The number of rotatable bonds is 6. The van der Waals surface area contributed by atoms with Crippen LogP contribution in [0.3, 0.4) is 0 Å². The minimum absolute atomic E-state index is 0.136. The van der Waals surface area contributed by atoms with E-state index < -0.39 is 5.97 Å². The van der Waals surface area contributed by atoms with Gasteiger partial charge in [-0.1, -0.05) is 19.1 Å². The highest BCUT2D eigenvalue weighted by atomic mass is 16.4. The summed E-state index contributed by atoms with van der Waals surface area (Å²) in [5.74, 6) is -0.622. The molecule has 0 aliphatic heterocycles. The Bertz CT molecular complexity index is 182. The molecule has 0 rings (SSSR count). The number of ketones is 1. The van der Waals surface area contributed by atoms with Gasteiger partial charge in [0.15, 0.2) is 0 Å². The number of hydrogen-bond donors (Lipinski definition) is 1. The van der Waals surface area contributed by atoms with Crippen molar-refractivity contribution in [1.29, 1.82) is 0 Å². The normalized spacial score (nSPS) is 10.4. The van der Waals surface area contributed by atoms with E-state index >= 15 is 0 Å². The van der Waals surface area contributed by atoms with Crippen LogP contribution in [0.1, 0.15) is 32.6 Å². The second-order valence-electron chi connectivity index (χ2n) is 2.50. The topological polar surface area (TPSA) is 54.4 Å². The zero-order valence-corrected chi connectivity index (χ0v) is 7.25. The van der Waals surface area contributed by atoms with Crippen LogP contribution >= 0.6 is 0 Å². The van der Waals surface area contributed by atoms with Crippen molar-refractivity contribution in [1.82, 2.24) is 0 Å². The lowest BCUT2D eigenvalue weighted by Crippen LogP contribution is -1.93. The molecule has 0 aromatic rings. The first kappa shape index (κ1) is 10.9. The Kier molecular flexibility index (Phi) is 5.97. The van der Waals surface area contributed by atoms with Gasteiger partial charge in [-0.3, -0.25) is 9.59 Å². The minimum Gasteiger partial charge on any atom is -0.481 e. The van der Waals surface area contributed by atoms with E-state index in [0.29, 0.717) is 19.3 Å². The highest BCUT2D eigenvalue weighted by molar-refractivity contribution is 5.79. The molecular formula is C9H14O3. The minimum atomic E-state index is -0.804. The van der Waals surface area contributed by atoms with Crippen molar-refractivity contribution >= 4 is 11.8 Å². The Hall–Kier alpha value is -1.12. The molecule has 0 aliphatic rings. The van der Waals surface area contributed by atoms with Crippen LogP contribution in [0.5, 0.6) is 0 Å². The molecule has 0 aromatic heterocycles. The Morgan fingerprint density at radius 1 is 1.33 bits per heavy atom. The molecule has 0 atom stereocenters. The van der Waals surface area contributed by atoms with Gasteiger partial charge in [0, 0.05) is 19.3 Å². The summed E-state index contributed by atoms with van der Waals surface area (Å²) in [6.07, 6.45) is 5.08. The van der Waals surface area contributed by atoms with Crippen LogP contribution in [0.25, 0.3) is 0 Å². The molecule has 0 aliphatic carbocycles. The van der Waals surface area contributed by atoms with Gasteiger partial charge in [0.05, 0.1) is 0 Å². The summed E-state index contributed by atoms with van der Waals surface area (Å²) in [6.45, 7) is 1.81. The van der Waals surface area contributed by atoms with E-state index in [2.05, 4.69) is 0 Å². The number of aliphatic carboxylic acids is 1. The zero-order valence-electron chi connectivity index (χ0n) is 7.25. The molecule has 68 valence electrons. The molecule has 0 heterocycles. The van der Waals surface area contributed by atoms with Gasteiger partial charge in [0.1, 0.15) is 5.78 Å². The number of carboxylic acids is 1. The predicted molar refractivity (Wildman–Crippen MR) is 45.9 cm³/mol. The monoisotopic (exact) mass is 170 g/mol. The average Bonchev–Trinajstić information content (AvgIpc) is 2.03. The molecule has 3 heteroatoms. The molecule has 0 aromatic carbocycles. The molecule has 0 spiro atoms. The Morgan fingerprint density at radius 3 is 2.50 bits per heavy atom. The lowest BCUT2D eigenvalue weighted by Gasteiger charge is -1.89. The maximum absolute atomic E-state index is 10.7. The van der Waals surface area contributed by atoms with Gasteiger partial charge in [-0.25, -0.2) is 0 Å². The van der Waals surface area contributed by atoms with Crippen molar-refractivity contribution in [3.63, 3.8) is 0 Å². The van der Waals surface area contributed by atoms with Crippen molar-refractivity contribution in [3.05, 3.63) is 12.2 Å². The lowest BCUT2D eigenvalue weighted by atomic mass is 10.2. The second-order valence-corrected chi connectivity index (χ2v) is 2.50. The van der Waals surface area contributed by atoms with Crippen molar-refractivity contribution in [2.45, 2.75) is 32.6 Å². The number of carbonyl (C=O) groups excluding carboxylic acids is 1. The van der Waals surface area contributed by atoms with Gasteiger partial charge in [-0.2, -0.15) is 0 Å². The molecule has 0 amide bonds. The molecule has 3 nitrogen and oxygen atoms in total. The number of hydrogen-bond acceptors (Lipinski definition) is 2. The zero-order chi connectivity index (χ0) is 9.40. The first-order valence-corrected chi connectivity index (χ1v) is 4.05. The van der Waals surface area contributed by atoms with E-state index in [9.17, 15) is 9.59 Å². The van der Waals surface area contributed by atoms with Crippen LogP contribution in [0.2, 0.25) is 0 Å². The molecular weight excluding hydrogens is 156 g/mol. The van der Waals surface area contributed by atoms with E-state index in [-0.39, 0.29) is 12.2 Å². The fourth-order valence-electron chi connectivity index (χ4n) is 0.684. The van der Waals surface area contributed by atoms with Gasteiger partial charge in [-0.05, 0) is 6.42 Å². The SMILES string of the molecule is CCC(=O)CC=CCCC(=O)O. The quantitative estimate of drug-likeness (QED) is 0.618. The fourth-order valence-corrected chi connectivity index (χ4v) is 0.684. The fraction of sp³-hybridized carbons (Fsp3) is 0.556. The van der Waals surface area contributed by atoms with Crippen LogP contribution < -0.4 is 0 Å². The summed E-state index contributed by atoms with van der Waals surface area (Å²) in [4.78, 5) is 20.8. The molecule has 12 heavy (non-hydrogen) atoms. The average molecular weight is 170 g/mol. The Balaban J connectivity index is 3.37. The van der Waals surface area contributed by atoms with Crippen molar-refractivity contribution in [2.24, 2.45) is 0 Å². The first-order valence-electron chi connectivity index (χ1n) is 4.05. The third-order valence-corrected chi connectivity index (χ3v) is 1.43. The highest BCUT2D eigenvalue weighted by Gasteiger charge is 1.94. The Labute approximate surface area is 72.1 Å². The van der Waals surface area contributed by atoms with Gasteiger partial charge in [0.2, 0.25) is 0 Å². The van der Waals surface area contributed by atoms with Crippen LogP contribution in [0.4, 0.5) is 0 Å². The third-order valence-electron chi connectivity index (χ3n) is 1.43. The van der Waals surface area contributed by atoms with E-state index in [0.717, 1.165) is 0 Å². The summed E-state index contributed by atoms with van der Waals surface area (Å²) >= 11 is 0. The smallest absolute Gasteiger partial charge is 0.303 e. The van der Waals surface area contributed by atoms with E-state index in [1.54, 1.807) is 12.2 Å². The molecule has 0 unspecified atom stereocenters. The summed E-state index contributed by atoms with van der Waals surface area (Å²) < 4.78 is 0. The van der Waals surface area contributed by atoms with Gasteiger partial charge in [-0.15, -0.1) is 0 Å². The van der Waals surface area contributed by atoms with Crippen LogP contribution in [-0.4, -0.2) is 16.9 Å². The number of carbonyl (C=O) groups is 2. The largest absolute Gasteiger partial charge is 0.481 e. The standard InChI is InChI=1S/C9H14O3/c1-2-8(10)6-4-3-5-7-9(11)12/h3-4H,2,5-7H2,1H3,(H,11,12). The molecule has 1 N–H and O–H groups in total. The number of allylic oxidation sites excluding steroid dienone is 2. The van der Waals surface area contributed by atoms with Crippen molar-refractivity contribution in [3.8, 4) is 0 Å². The van der Waals surface area contributed by atoms with Crippen molar-refractivity contribution < 1.29 is 14.7 Å². The van der Waals surface area contributed by atoms with Gasteiger partial charge >= 0.3 is 5.97 Å². The molecule has 0 fully saturated rings. The summed E-state index contributed by atoms with van der Waals surface area (Å²) in [7, 11) is 0. The first-order chi connectivity index (χ1) is 5.66. The van der Waals surface area contributed by atoms with E-state index in [1.165, 1.54) is 0 Å². The summed E-state index contributed by atoms with van der Waals surface area (Å²) in [5, 5.41) is 8.27. The number of Topliss-reactive ketones (excluding diaryl/α,β-unsaturated/α-hetero) is 1. The van der Waals surface area contributed by atoms with Crippen LogP contribution in [-0.2, 0) is 9.59 Å². The van der Waals surface area contributed by atoms with Crippen LogP contribution in [0.15, 0.2) is 12.2 Å². The highest BCUT2D eigenvalue weighted by Crippen LogP contribution is 1.95. The van der Waals surface area contributed by atoms with E-state index in [4.69, 9.17) is 5.11 Å². The second kappa shape index (κ2) is 6.58. The maximum Gasteiger partial charge on any atom is 0.303 e. The lowest BCUT2D eigenvalue weighted by molar-refractivity contribution is -0.136. The van der Waals surface area contributed by atoms with Crippen LogP contribution in [0, 0.1) is 0 Å². The summed E-state index contributed by atoms with van der Waals surface area (Å²) in [6, 6.07) is 0. The molecule has 0 radical (unpaired) electrons. The number of carboxylic acid groups (broad SMARTS) is 1. The Morgan fingerprint density at radius 2 is 2.00 bits per heavy atom. The molecule has 0 saturated carbocycles. The maximum atomic E-state index is 10.7. The summed E-state index contributed by atoms with van der Waals surface area (Å²) in [5.41, 5.74) is 0. The predicted octanol–water partition coefficient (Wildman–Crippen LogP) is 1.78. The van der Waals surface area contributed by atoms with Gasteiger partial charge < -0.3 is 5.11 Å². The molecule has 0 bridgehead atoms. The molecule has 0 saturated heterocycles. The third kappa shape index (κ3) is 6.99. The van der Waals surface area contributed by atoms with E-state index in [1.807, 2.05) is 6.92 Å². The van der Waals surface area contributed by atoms with Gasteiger partial charge in [0.25, 0.3) is 0 Å².